The third-order valence-electron chi connectivity index (χ3n) is 2.00. The molecule has 0 aromatic rings. The first kappa shape index (κ1) is 10.4. The fourth-order valence-corrected chi connectivity index (χ4v) is 1.29. The number of rotatable bonds is 3. The van der Waals surface area contributed by atoms with Gasteiger partial charge in [-0.1, -0.05) is 12.7 Å². The smallest absolute Gasteiger partial charge is 0.330 e. The molecule has 5 nitrogen and oxygen atoms in total. The summed E-state index contributed by atoms with van der Waals surface area (Å²) in [5.74, 6) is -0.552. The lowest BCUT2D eigenvalue weighted by atomic mass is 10.0. The van der Waals surface area contributed by atoms with Crippen LogP contribution < -0.4 is 0 Å². The molecule has 2 atom stereocenters. The summed E-state index contributed by atoms with van der Waals surface area (Å²) in [6.45, 7) is 3.25. The summed E-state index contributed by atoms with van der Waals surface area (Å²) in [6.07, 6.45) is 4.52. The summed E-state index contributed by atoms with van der Waals surface area (Å²) in [6, 6.07) is -0.650. The minimum Gasteiger partial charge on any atom is -0.455 e. The van der Waals surface area contributed by atoms with Gasteiger partial charge in [0.1, 0.15) is 6.10 Å². The van der Waals surface area contributed by atoms with Gasteiger partial charge in [-0.25, -0.2) is 4.79 Å². The lowest BCUT2D eigenvalue weighted by Crippen LogP contribution is -2.29. The summed E-state index contributed by atoms with van der Waals surface area (Å²) in [5.41, 5.74) is 0. The van der Waals surface area contributed by atoms with E-state index in [-0.39, 0.29) is 11.3 Å². The van der Waals surface area contributed by atoms with E-state index in [0.29, 0.717) is 6.42 Å². The standard InChI is InChI=1S/C9H11NO4/c1-2-9(11)14-8-5-3-4-7(6-8)10(12)13/h2-3,5,7-8H,1,4,6H2. The summed E-state index contributed by atoms with van der Waals surface area (Å²) < 4.78 is 4.87. The Balaban J connectivity index is 2.52. The second kappa shape index (κ2) is 4.55. The molecule has 14 heavy (non-hydrogen) atoms. The molecule has 5 heteroatoms. The summed E-state index contributed by atoms with van der Waals surface area (Å²) >= 11 is 0. The van der Waals surface area contributed by atoms with Gasteiger partial charge in [-0.15, -0.1) is 0 Å². The Labute approximate surface area is 81.2 Å². The molecule has 0 aliphatic heterocycles. The van der Waals surface area contributed by atoms with Gasteiger partial charge in [-0.3, -0.25) is 10.1 Å². The zero-order valence-corrected chi connectivity index (χ0v) is 7.59. The molecular formula is C9H11NO4. The SMILES string of the molecule is C=CC(=O)OC1C=CCC([N+](=O)[O-])C1. The fourth-order valence-electron chi connectivity index (χ4n) is 1.29. The molecule has 0 bridgehead atoms. The number of hydrogen-bond donors (Lipinski definition) is 0. The van der Waals surface area contributed by atoms with Crippen molar-refractivity contribution < 1.29 is 14.5 Å². The molecule has 1 aliphatic carbocycles. The first-order valence-corrected chi connectivity index (χ1v) is 4.26. The molecule has 2 unspecified atom stereocenters. The molecule has 0 N–H and O–H groups in total. The van der Waals surface area contributed by atoms with Gasteiger partial charge in [-0.05, 0) is 6.08 Å². The number of nitro groups is 1. The topological polar surface area (TPSA) is 69.4 Å². The third-order valence-corrected chi connectivity index (χ3v) is 2.00. The largest absolute Gasteiger partial charge is 0.455 e. The lowest BCUT2D eigenvalue weighted by Gasteiger charge is -2.18. The van der Waals surface area contributed by atoms with E-state index in [1.807, 2.05) is 0 Å². The van der Waals surface area contributed by atoms with Crippen LogP contribution in [-0.2, 0) is 9.53 Å². The Bertz CT molecular complexity index is 285. The lowest BCUT2D eigenvalue weighted by molar-refractivity contribution is -0.524. The first-order chi connectivity index (χ1) is 6.63. The Kier molecular flexibility index (Phi) is 3.39. The molecule has 0 amide bonds. The Hall–Kier alpha value is -1.65. The van der Waals surface area contributed by atoms with Gasteiger partial charge >= 0.3 is 5.97 Å². The molecule has 1 aliphatic rings. The van der Waals surface area contributed by atoms with Gasteiger partial charge in [0, 0.05) is 17.4 Å². The van der Waals surface area contributed by atoms with Crippen molar-refractivity contribution in [3.8, 4) is 0 Å². The van der Waals surface area contributed by atoms with Crippen molar-refractivity contribution in [2.45, 2.75) is 25.0 Å². The molecule has 0 radical (unpaired) electrons. The maximum atomic E-state index is 10.8. The number of carbonyl (C=O) groups excluding carboxylic acids is 1. The van der Waals surface area contributed by atoms with Crippen molar-refractivity contribution in [2.24, 2.45) is 0 Å². The highest BCUT2D eigenvalue weighted by Gasteiger charge is 2.27. The summed E-state index contributed by atoms with van der Waals surface area (Å²) in [7, 11) is 0. The van der Waals surface area contributed by atoms with E-state index in [9.17, 15) is 14.9 Å². The van der Waals surface area contributed by atoms with Crippen LogP contribution in [-0.4, -0.2) is 23.0 Å². The first-order valence-electron chi connectivity index (χ1n) is 4.26. The van der Waals surface area contributed by atoms with Gasteiger partial charge in [-0.2, -0.15) is 0 Å². The average molecular weight is 197 g/mol. The minimum absolute atomic E-state index is 0.239. The van der Waals surface area contributed by atoms with Gasteiger partial charge in [0.05, 0.1) is 6.42 Å². The van der Waals surface area contributed by atoms with Crippen molar-refractivity contribution in [2.75, 3.05) is 0 Å². The van der Waals surface area contributed by atoms with Crippen LogP contribution in [0.5, 0.6) is 0 Å². The van der Waals surface area contributed by atoms with Crippen LogP contribution in [0.2, 0.25) is 0 Å². The molecule has 76 valence electrons. The van der Waals surface area contributed by atoms with Gasteiger partial charge in [0.25, 0.3) is 0 Å². The highest BCUT2D eigenvalue weighted by atomic mass is 16.6. The second-order valence-corrected chi connectivity index (χ2v) is 3.02. The van der Waals surface area contributed by atoms with Crippen LogP contribution in [0.4, 0.5) is 0 Å². The van der Waals surface area contributed by atoms with E-state index in [1.165, 1.54) is 0 Å². The van der Waals surface area contributed by atoms with E-state index < -0.39 is 18.1 Å². The number of hydrogen-bond acceptors (Lipinski definition) is 4. The molecule has 0 spiro atoms. The molecule has 0 aromatic carbocycles. The zero-order chi connectivity index (χ0) is 10.6. The van der Waals surface area contributed by atoms with Crippen molar-refractivity contribution >= 4 is 5.97 Å². The van der Waals surface area contributed by atoms with Crippen LogP contribution in [0.15, 0.2) is 24.8 Å². The predicted molar refractivity (Wildman–Crippen MR) is 49.2 cm³/mol. The monoisotopic (exact) mass is 197 g/mol. The van der Waals surface area contributed by atoms with Gasteiger partial charge < -0.3 is 4.74 Å². The molecule has 0 aromatic heterocycles. The highest BCUT2D eigenvalue weighted by Crippen LogP contribution is 2.17. The number of esters is 1. The van der Waals surface area contributed by atoms with E-state index in [2.05, 4.69) is 6.58 Å². The Morgan fingerprint density at radius 2 is 2.43 bits per heavy atom. The van der Waals surface area contributed by atoms with Crippen molar-refractivity contribution in [3.63, 3.8) is 0 Å². The van der Waals surface area contributed by atoms with Crippen LogP contribution in [0.25, 0.3) is 0 Å². The maximum Gasteiger partial charge on any atom is 0.330 e. The summed E-state index contributed by atoms with van der Waals surface area (Å²) in [4.78, 5) is 20.9. The van der Waals surface area contributed by atoms with Crippen molar-refractivity contribution in [1.29, 1.82) is 0 Å². The van der Waals surface area contributed by atoms with E-state index in [4.69, 9.17) is 4.74 Å². The van der Waals surface area contributed by atoms with Crippen LogP contribution in [0.1, 0.15) is 12.8 Å². The maximum absolute atomic E-state index is 10.8. The van der Waals surface area contributed by atoms with Crippen molar-refractivity contribution in [1.82, 2.24) is 0 Å². The Morgan fingerprint density at radius 1 is 1.71 bits per heavy atom. The van der Waals surface area contributed by atoms with Crippen LogP contribution in [0, 0.1) is 10.1 Å². The van der Waals surface area contributed by atoms with Crippen LogP contribution in [0.3, 0.4) is 0 Å². The fraction of sp³-hybridized carbons (Fsp3) is 0.444. The van der Waals surface area contributed by atoms with Gasteiger partial charge in [0.2, 0.25) is 6.04 Å². The third kappa shape index (κ3) is 2.69. The van der Waals surface area contributed by atoms with E-state index in [0.717, 1.165) is 6.08 Å². The normalized spacial score (nSPS) is 25.4. The molecular weight excluding hydrogens is 186 g/mol. The Morgan fingerprint density at radius 3 is 3.00 bits per heavy atom. The molecule has 0 saturated carbocycles. The van der Waals surface area contributed by atoms with Crippen LogP contribution >= 0.6 is 0 Å². The predicted octanol–water partition coefficient (Wildman–Crippen LogP) is 1.08. The quantitative estimate of drug-likeness (QED) is 0.223. The molecule has 0 saturated heterocycles. The average Bonchev–Trinajstić information content (AvgIpc) is 2.18. The van der Waals surface area contributed by atoms with E-state index in [1.54, 1.807) is 12.2 Å². The highest BCUT2D eigenvalue weighted by molar-refractivity contribution is 5.81. The number of nitrogens with zero attached hydrogens (tertiary/aromatic N) is 1. The number of carbonyl (C=O) groups is 1. The molecule has 1 rings (SSSR count). The number of ether oxygens (including phenoxy) is 1. The molecule has 0 fully saturated rings. The summed E-state index contributed by atoms with van der Waals surface area (Å²) in [5, 5.41) is 10.5. The van der Waals surface area contributed by atoms with Crippen molar-refractivity contribution in [3.05, 3.63) is 34.9 Å². The van der Waals surface area contributed by atoms with E-state index >= 15 is 0 Å². The minimum atomic E-state index is -0.650. The van der Waals surface area contributed by atoms with Gasteiger partial charge in [0.15, 0.2) is 0 Å². The second-order valence-electron chi connectivity index (χ2n) is 3.02. The zero-order valence-electron chi connectivity index (χ0n) is 7.59. The molecule has 0 heterocycles.